The summed E-state index contributed by atoms with van der Waals surface area (Å²) < 4.78 is 16.9. The third-order valence-electron chi connectivity index (χ3n) is 6.53. The Morgan fingerprint density at radius 3 is 2.60 bits per heavy atom. The molecule has 2 N–H and O–H groups in total. The molecule has 8 heteroatoms. The number of pyridine rings is 1. The van der Waals surface area contributed by atoms with E-state index in [2.05, 4.69) is 55.9 Å². The van der Waals surface area contributed by atoms with Crippen LogP contribution in [0.5, 0.6) is 5.75 Å². The van der Waals surface area contributed by atoms with Crippen LogP contribution in [0.4, 0.5) is 5.69 Å². The van der Waals surface area contributed by atoms with Crippen molar-refractivity contribution in [2.24, 2.45) is 0 Å². The number of nitrogens with zero attached hydrogens (tertiary/aromatic N) is 3. The lowest BCUT2D eigenvalue weighted by Gasteiger charge is -2.30. The molecule has 184 valence electrons. The number of ether oxygens (including phenoxy) is 3. The largest absolute Gasteiger partial charge is 0.495 e. The first-order chi connectivity index (χ1) is 17.3. The third kappa shape index (κ3) is 5.29. The van der Waals surface area contributed by atoms with Gasteiger partial charge in [-0.15, -0.1) is 0 Å². The Morgan fingerprint density at radius 1 is 1.09 bits per heavy atom. The number of rotatable bonds is 6. The highest BCUT2D eigenvalue weighted by molar-refractivity contribution is 5.90. The zero-order valence-corrected chi connectivity index (χ0v) is 20.2. The van der Waals surface area contributed by atoms with Crippen molar-refractivity contribution < 1.29 is 19.3 Å². The van der Waals surface area contributed by atoms with Crippen LogP contribution in [0.2, 0.25) is 0 Å². The van der Waals surface area contributed by atoms with Gasteiger partial charge in [0.2, 0.25) is 0 Å². The molecule has 2 aliphatic rings. The summed E-state index contributed by atoms with van der Waals surface area (Å²) in [5.74, 6) is 6.98. The van der Waals surface area contributed by atoms with Gasteiger partial charge in [0.15, 0.2) is 0 Å². The van der Waals surface area contributed by atoms with Gasteiger partial charge in [-0.2, -0.15) is 0 Å². The standard InChI is InChI=1S/C27H32N4O4/c1-33-25-17-21(5-6-24(25)31-9-14-35-15-10-31)26-23(19-30-7-12-34-13-8-30)22-16-20(4-2-3-11-32)18-28-27(22)29-26/h5-6,16-18,32H,3,7-15,19H2,1H3,(H,28,29). The molecular formula is C27H32N4O4. The Kier molecular flexibility index (Phi) is 7.50. The molecule has 0 amide bonds. The number of aromatic amines is 1. The van der Waals surface area contributed by atoms with Crippen LogP contribution >= 0.6 is 0 Å². The number of morpholine rings is 2. The molecule has 2 fully saturated rings. The molecular weight excluding hydrogens is 444 g/mol. The average Bonchev–Trinajstić information content (AvgIpc) is 3.27. The predicted molar refractivity (Wildman–Crippen MR) is 136 cm³/mol. The topological polar surface area (TPSA) is 83.1 Å². The number of methoxy groups -OCH3 is 1. The Labute approximate surface area is 205 Å². The predicted octanol–water partition coefficient (Wildman–Crippen LogP) is 2.64. The molecule has 0 bridgehead atoms. The van der Waals surface area contributed by atoms with Crippen LogP contribution in [0.15, 0.2) is 30.5 Å². The summed E-state index contributed by atoms with van der Waals surface area (Å²) in [5, 5.41) is 10.1. The Balaban J connectivity index is 1.56. The minimum Gasteiger partial charge on any atom is -0.495 e. The number of aliphatic hydroxyl groups is 1. The van der Waals surface area contributed by atoms with Crippen LogP contribution in [0.25, 0.3) is 22.3 Å². The monoisotopic (exact) mass is 476 g/mol. The Morgan fingerprint density at radius 2 is 1.86 bits per heavy atom. The highest BCUT2D eigenvalue weighted by Gasteiger charge is 2.21. The van der Waals surface area contributed by atoms with E-state index < -0.39 is 0 Å². The van der Waals surface area contributed by atoms with Gasteiger partial charge in [-0.05, 0) is 18.2 Å². The quantitative estimate of drug-likeness (QED) is 0.529. The highest BCUT2D eigenvalue weighted by atomic mass is 16.5. The number of fused-ring (bicyclic) bond motifs is 1. The number of aromatic nitrogens is 2. The van der Waals surface area contributed by atoms with Gasteiger partial charge >= 0.3 is 0 Å². The molecule has 0 atom stereocenters. The number of benzene rings is 1. The maximum absolute atomic E-state index is 9.06. The Bertz CT molecular complexity index is 1220. The fourth-order valence-electron chi connectivity index (χ4n) is 4.70. The van der Waals surface area contributed by atoms with Gasteiger partial charge in [-0.1, -0.05) is 17.9 Å². The normalized spacial score (nSPS) is 16.8. The van der Waals surface area contributed by atoms with E-state index in [0.717, 1.165) is 98.4 Å². The van der Waals surface area contributed by atoms with Gasteiger partial charge in [0.1, 0.15) is 11.4 Å². The zero-order valence-electron chi connectivity index (χ0n) is 20.2. The van der Waals surface area contributed by atoms with E-state index in [1.807, 2.05) is 0 Å². The summed E-state index contributed by atoms with van der Waals surface area (Å²) in [4.78, 5) is 13.0. The molecule has 2 aromatic heterocycles. The first-order valence-electron chi connectivity index (χ1n) is 12.2. The van der Waals surface area contributed by atoms with Crippen molar-refractivity contribution in [3.63, 3.8) is 0 Å². The second-order valence-electron chi connectivity index (χ2n) is 8.75. The maximum Gasteiger partial charge on any atom is 0.142 e. The van der Waals surface area contributed by atoms with Gasteiger partial charge in [-0.3, -0.25) is 4.90 Å². The molecule has 2 saturated heterocycles. The number of H-pyrrole nitrogens is 1. The third-order valence-corrected chi connectivity index (χ3v) is 6.53. The lowest BCUT2D eigenvalue weighted by Crippen LogP contribution is -2.36. The molecule has 4 heterocycles. The second kappa shape index (κ2) is 11.1. The number of hydrogen-bond acceptors (Lipinski definition) is 7. The molecule has 0 aliphatic carbocycles. The fraction of sp³-hybridized carbons (Fsp3) is 0.444. The summed E-state index contributed by atoms with van der Waals surface area (Å²) in [5.41, 5.74) is 6.08. The van der Waals surface area contributed by atoms with Crippen LogP contribution in [-0.2, 0) is 16.0 Å². The smallest absolute Gasteiger partial charge is 0.142 e. The highest BCUT2D eigenvalue weighted by Crippen LogP contribution is 2.37. The van der Waals surface area contributed by atoms with Crippen LogP contribution in [0, 0.1) is 11.8 Å². The fourth-order valence-corrected chi connectivity index (χ4v) is 4.70. The summed E-state index contributed by atoms with van der Waals surface area (Å²) in [7, 11) is 1.72. The molecule has 2 aliphatic heterocycles. The van der Waals surface area contributed by atoms with Crippen molar-refractivity contribution in [3.8, 4) is 28.8 Å². The molecule has 5 rings (SSSR count). The van der Waals surface area contributed by atoms with Crippen molar-refractivity contribution >= 4 is 16.7 Å². The van der Waals surface area contributed by atoms with Crippen LogP contribution in [-0.4, -0.2) is 86.3 Å². The summed E-state index contributed by atoms with van der Waals surface area (Å²) in [6, 6.07) is 8.51. The molecule has 0 unspecified atom stereocenters. The van der Waals surface area contributed by atoms with E-state index in [9.17, 15) is 0 Å². The SMILES string of the molecule is COc1cc(-c2[nH]c3ncc(C#CCCO)cc3c2CN2CCOCC2)ccc1N1CCOCC1. The van der Waals surface area contributed by atoms with Crippen molar-refractivity contribution in [1.82, 2.24) is 14.9 Å². The van der Waals surface area contributed by atoms with Gasteiger partial charge in [0.05, 0.1) is 51.5 Å². The zero-order chi connectivity index (χ0) is 24.0. The number of hydrogen-bond donors (Lipinski definition) is 2. The second-order valence-corrected chi connectivity index (χ2v) is 8.75. The van der Waals surface area contributed by atoms with Crippen LogP contribution in [0.3, 0.4) is 0 Å². The van der Waals surface area contributed by atoms with E-state index in [0.29, 0.717) is 6.42 Å². The molecule has 1 aromatic carbocycles. The molecule has 8 nitrogen and oxygen atoms in total. The molecule has 0 radical (unpaired) electrons. The van der Waals surface area contributed by atoms with Gasteiger partial charge in [0, 0.05) is 67.4 Å². The van der Waals surface area contributed by atoms with Gasteiger partial charge in [0.25, 0.3) is 0 Å². The molecule has 3 aromatic rings. The van der Waals surface area contributed by atoms with E-state index in [1.54, 1.807) is 13.3 Å². The summed E-state index contributed by atoms with van der Waals surface area (Å²) in [6.45, 7) is 7.30. The van der Waals surface area contributed by atoms with Crippen LogP contribution in [0.1, 0.15) is 17.5 Å². The van der Waals surface area contributed by atoms with E-state index in [1.165, 1.54) is 5.56 Å². The van der Waals surface area contributed by atoms with Crippen molar-refractivity contribution in [2.45, 2.75) is 13.0 Å². The minimum atomic E-state index is 0.0571. The lowest BCUT2D eigenvalue weighted by molar-refractivity contribution is 0.0344. The van der Waals surface area contributed by atoms with Crippen LogP contribution < -0.4 is 9.64 Å². The van der Waals surface area contributed by atoms with Gasteiger partial charge < -0.3 is 29.2 Å². The first-order valence-corrected chi connectivity index (χ1v) is 12.2. The van der Waals surface area contributed by atoms with Gasteiger partial charge in [-0.25, -0.2) is 4.98 Å². The number of aliphatic hydroxyl groups excluding tert-OH is 1. The van der Waals surface area contributed by atoms with Crippen molar-refractivity contribution in [3.05, 3.63) is 41.6 Å². The summed E-state index contributed by atoms with van der Waals surface area (Å²) in [6.07, 6.45) is 2.24. The number of nitrogens with one attached hydrogen (secondary N) is 1. The average molecular weight is 477 g/mol. The molecule has 0 saturated carbocycles. The molecule has 0 spiro atoms. The van der Waals surface area contributed by atoms with Crippen molar-refractivity contribution in [1.29, 1.82) is 0 Å². The minimum absolute atomic E-state index is 0.0571. The molecule has 35 heavy (non-hydrogen) atoms. The van der Waals surface area contributed by atoms with E-state index in [4.69, 9.17) is 19.3 Å². The van der Waals surface area contributed by atoms with E-state index in [-0.39, 0.29) is 6.61 Å². The lowest BCUT2D eigenvalue weighted by atomic mass is 10.0. The maximum atomic E-state index is 9.06. The number of anilines is 1. The summed E-state index contributed by atoms with van der Waals surface area (Å²) >= 11 is 0. The Hall–Kier alpha value is -3.09. The van der Waals surface area contributed by atoms with Crippen molar-refractivity contribution in [2.75, 3.05) is 71.2 Å². The van der Waals surface area contributed by atoms with E-state index >= 15 is 0 Å². The first kappa shape index (κ1) is 23.6.